The third-order valence-electron chi connectivity index (χ3n) is 6.07. The molecule has 0 radical (unpaired) electrons. The Kier molecular flexibility index (Phi) is 6.60. The number of nitrogens with zero attached hydrogens (tertiary/aromatic N) is 1. The van der Waals surface area contributed by atoms with E-state index in [1.54, 1.807) is 18.3 Å². The van der Waals surface area contributed by atoms with Crippen LogP contribution >= 0.6 is 0 Å². The fourth-order valence-electron chi connectivity index (χ4n) is 4.50. The molecule has 1 aromatic carbocycles. The molecule has 0 spiro atoms. The second-order valence-electron chi connectivity index (χ2n) is 8.20. The molecule has 2 unspecified atom stereocenters. The van der Waals surface area contributed by atoms with Crippen molar-refractivity contribution in [3.63, 3.8) is 0 Å². The van der Waals surface area contributed by atoms with Gasteiger partial charge in [0.2, 0.25) is 0 Å². The van der Waals surface area contributed by atoms with Gasteiger partial charge in [-0.15, -0.1) is 5.73 Å². The molecule has 30 heavy (non-hydrogen) atoms. The molecule has 2 atom stereocenters. The van der Waals surface area contributed by atoms with E-state index in [-0.39, 0.29) is 17.9 Å². The van der Waals surface area contributed by atoms with Gasteiger partial charge in [0.1, 0.15) is 5.82 Å². The normalized spacial score (nSPS) is 23.7. The molecule has 1 aromatic rings. The van der Waals surface area contributed by atoms with Crippen LogP contribution < -0.4 is 10.6 Å². The molecule has 2 N–H and O–H groups in total. The Morgan fingerprint density at radius 3 is 2.80 bits per heavy atom. The zero-order chi connectivity index (χ0) is 20.8. The van der Waals surface area contributed by atoms with Crippen LogP contribution in [0.1, 0.15) is 51.4 Å². The number of anilines is 1. The summed E-state index contributed by atoms with van der Waals surface area (Å²) in [7, 11) is 0. The number of carbonyl (C=O) groups is 1. The fraction of sp³-hybridized carbons (Fsp3) is 0.400. The molecule has 1 fully saturated rings. The van der Waals surface area contributed by atoms with Crippen LogP contribution in [-0.4, -0.2) is 17.8 Å². The van der Waals surface area contributed by atoms with Gasteiger partial charge in [0, 0.05) is 17.6 Å². The molecule has 1 heterocycles. The molecule has 0 aromatic heterocycles. The molecule has 1 saturated carbocycles. The first-order valence-corrected chi connectivity index (χ1v) is 10.9. The van der Waals surface area contributed by atoms with Gasteiger partial charge in [0.25, 0.3) is 0 Å². The van der Waals surface area contributed by atoms with Crippen molar-refractivity contribution in [3.05, 3.63) is 71.4 Å². The van der Waals surface area contributed by atoms with E-state index < -0.39 is 0 Å². The zero-order valence-electron chi connectivity index (χ0n) is 17.2. The van der Waals surface area contributed by atoms with E-state index in [2.05, 4.69) is 34.6 Å². The molecule has 3 aliphatic rings. The van der Waals surface area contributed by atoms with Crippen LogP contribution in [0, 0.1) is 11.7 Å². The van der Waals surface area contributed by atoms with E-state index in [9.17, 15) is 9.18 Å². The number of allylic oxidation sites excluding steroid dienone is 5. The highest BCUT2D eigenvalue weighted by Gasteiger charge is 2.25. The quantitative estimate of drug-likeness (QED) is 0.591. The van der Waals surface area contributed by atoms with Gasteiger partial charge in [0.05, 0.1) is 11.9 Å². The highest BCUT2D eigenvalue weighted by atomic mass is 19.1. The lowest BCUT2D eigenvalue weighted by molar-refractivity contribution is 0.244. The number of rotatable bonds is 3. The van der Waals surface area contributed by atoms with Crippen LogP contribution in [0.4, 0.5) is 14.9 Å². The first-order chi connectivity index (χ1) is 14.7. The average Bonchev–Trinajstić information content (AvgIpc) is 2.95. The number of hydrogen-bond donors (Lipinski definition) is 2. The lowest BCUT2D eigenvalue weighted by atomic mass is 9.81. The highest BCUT2D eigenvalue weighted by molar-refractivity contribution is 6.06. The molecule has 2 aliphatic carbocycles. The van der Waals surface area contributed by atoms with Crippen LogP contribution in [0.25, 0.3) is 0 Å². The third kappa shape index (κ3) is 5.17. The van der Waals surface area contributed by atoms with Crippen LogP contribution in [0.15, 0.2) is 70.6 Å². The molecule has 0 saturated heterocycles. The molecule has 0 bridgehead atoms. The summed E-state index contributed by atoms with van der Waals surface area (Å²) in [6.45, 7) is 0. The summed E-state index contributed by atoms with van der Waals surface area (Å²) in [4.78, 5) is 17.2. The van der Waals surface area contributed by atoms with Crippen molar-refractivity contribution in [2.75, 3.05) is 5.32 Å². The Labute approximate surface area is 177 Å². The van der Waals surface area contributed by atoms with E-state index >= 15 is 0 Å². The fourth-order valence-corrected chi connectivity index (χ4v) is 4.50. The van der Waals surface area contributed by atoms with E-state index in [1.165, 1.54) is 29.0 Å². The summed E-state index contributed by atoms with van der Waals surface area (Å²) in [5.41, 5.74) is 7.56. The van der Waals surface area contributed by atoms with Crippen molar-refractivity contribution in [2.24, 2.45) is 10.9 Å². The summed E-state index contributed by atoms with van der Waals surface area (Å²) < 4.78 is 13.0. The van der Waals surface area contributed by atoms with Gasteiger partial charge in [0.15, 0.2) is 0 Å². The van der Waals surface area contributed by atoms with Crippen LogP contribution in [0.5, 0.6) is 0 Å². The maximum absolute atomic E-state index is 13.0. The number of hydrogen-bond acceptors (Lipinski definition) is 2. The number of urea groups is 1. The third-order valence-corrected chi connectivity index (χ3v) is 6.07. The van der Waals surface area contributed by atoms with Gasteiger partial charge in [-0.25, -0.2) is 9.18 Å². The Morgan fingerprint density at radius 2 is 1.93 bits per heavy atom. The lowest BCUT2D eigenvalue weighted by Crippen LogP contribution is -2.39. The number of amides is 2. The maximum Gasteiger partial charge on any atom is 0.319 e. The summed E-state index contributed by atoms with van der Waals surface area (Å²) in [6.07, 6.45) is 16.7. The van der Waals surface area contributed by atoms with Crippen LogP contribution in [0.3, 0.4) is 0 Å². The van der Waals surface area contributed by atoms with Gasteiger partial charge in [-0.2, -0.15) is 0 Å². The monoisotopic (exact) mass is 405 g/mol. The first-order valence-electron chi connectivity index (χ1n) is 10.9. The van der Waals surface area contributed by atoms with Gasteiger partial charge < -0.3 is 10.6 Å². The largest absolute Gasteiger partial charge is 0.335 e. The predicted molar refractivity (Wildman–Crippen MR) is 119 cm³/mol. The smallest absolute Gasteiger partial charge is 0.319 e. The Hall–Kier alpha value is -2.91. The van der Waals surface area contributed by atoms with E-state index in [4.69, 9.17) is 4.99 Å². The maximum atomic E-state index is 13.0. The summed E-state index contributed by atoms with van der Waals surface area (Å²) >= 11 is 0. The van der Waals surface area contributed by atoms with Crippen molar-refractivity contribution in [3.8, 4) is 0 Å². The van der Waals surface area contributed by atoms with Gasteiger partial charge in [-0.1, -0.05) is 25.0 Å². The topological polar surface area (TPSA) is 53.5 Å². The van der Waals surface area contributed by atoms with Gasteiger partial charge in [-0.3, -0.25) is 4.99 Å². The molecule has 4 rings (SSSR count). The molecule has 1 aliphatic heterocycles. The minimum Gasteiger partial charge on any atom is -0.335 e. The molecule has 156 valence electrons. The van der Waals surface area contributed by atoms with Gasteiger partial charge >= 0.3 is 6.03 Å². The Bertz CT molecular complexity index is 936. The summed E-state index contributed by atoms with van der Waals surface area (Å²) in [6, 6.07) is 5.71. The molecule has 2 amide bonds. The van der Waals surface area contributed by atoms with Crippen molar-refractivity contribution < 1.29 is 9.18 Å². The summed E-state index contributed by atoms with van der Waals surface area (Å²) in [5, 5.41) is 5.90. The first kappa shape index (κ1) is 20.4. The average molecular weight is 406 g/mol. The van der Waals surface area contributed by atoms with Crippen molar-refractivity contribution in [1.82, 2.24) is 5.32 Å². The molecular weight excluding hydrogens is 377 g/mol. The van der Waals surface area contributed by atoms with Crippen molar-refractivity contribution in [2.45, 2.75) is 57.4 Å². The predicted octanol–water partition coefficient (Wildman–Crippen LogP) is 6.06. The van der Waals surface area contributed by atoms with Gasteiger partial charge in [-0.05, 0) is 80.0 Å². The second kappa shape index (κ2) is 9.73. The van der Waals surface area contributed by atoms with Crippen LogP contribution in [0.2, 0.25) is 0 Å². The number of aliphatic imine (C=N–C) groups is 1. The second-order valence-corrected chi connectivity index (χ2v) is 8.20. The minimum atomic E-state index is -0.315. The molecule has 5 heteroatoms. The molecular formula is C25H28FN3O. The number of carbonyl (C=O) groups excluding carboxylic acids is 1. The molecule has 4 nitrogen and oxygen atoms in total. The van der Waals surface area contributed by atoms with Crippen LogP contribution in [-0.2, 0) is 0 Å². The summed E-state index contributed by atoms with van der Waals surface area (Å²) in [5.74, 6) is 0.0802. The Balaban J connectivity index is 1.38. The highest BCUT2D eigenvalue weighted by Crippen LogP contribution is 2.31. The standard InChI is InChI=1S/C25H28FN3O/c26-20-12-15-22(16-13-20)29-25(30)28-21-9-3-1-7-19(11-14-21)24-23-10-4-2-6-18(23)8-5-17-27-24/h4,8,10,12-13,15-17,19,21H,1-3,6-7,9,11,14H2,(H2,28,29,30). The number of nitrogens with one attached hydrogen (secondary N) is 2. The SMILES string of the molecule is O=C(Nc1ccc(F)cc1)NC1CCCCC(C2=NC=C=CC3=C2C=CCC3)CC1. The number of benzene rings is 1. The lowest BCUT2D eigenvalue weighted by Gasteiger charge is -2.28. The number of halogens is 1. The van der Waals surface area contributed by atoms with E-state index in [0.29, 0.717) is 11.6 Å². The zero-order valence-corrected chi connectivity index (χ0v) is 17.2. The van der Waals surface area contributed by atoms with Crippen molar-refractivity contribution in [1.29, 1.82) is 0 Å². The Morgan fingerprint density at radius 1 is 1.10 bits per heavy atom. The van der Waals surface area contributed by atoms with E-state index in [1.807, 2.05) is 0 Å². The van der Waals surface area contributed by atoms with E-state index in [0.717, 1.165) is 51.4 Å². The minimum absolute atomic E-state index is 0.128. The van der Waals surface area contributed by atoms with Crippen molar-refractivity contribution >= 4 is 17.4 Å².